The lowest BCUT2D eigenvalue weighted by Gasteiger charge is -2.26. The zero-order chi connectivity index (χ0) is 65.7. The highest BCUT2D eigenvalue weighted by Crippen LogP contribution is 2.36. The molecule has 0 fully saturated rings. The van der Waals surface area contributed by atoms with Crippen molar-refractivity contribution in [1.82, 2.24) is 0 Å². The SMILES string of the molecule is CCCCCCCCCCCCCCCCOc1ccc(NCc2ccc(N(c3ccc(CNc4ccc(OCCCCCCCCCCCCCCCC)cc4)cc3)c3ccc(CNc4ccc(OCCCCCCCCCCCCCCCC)cc4)cc3)cc2)cc1. The molecule has 0 aliphatic carbocycles. The van der Waals surface area contributed by atoms with Crippen molar-refractivity contribution < 1.29 is 14.2 Å². The van der Waals surface area contributed by atoms with E-state index in [2.05, 4.69) is 187 Å². The predicted molar refractivity (Wildman–Crippen MR) is 410 cm³/mol. The third kappa shape index (κ3) is 35.6. The first-order valence-corrected chi connectivity index (χ1v) is 39.1. The number of rotatable bonds is 60. The molecule has 0 saturated heterocycles. The van der Waals surface area contributed by atoms with Crippen LogP contribution in [0.25, 0.3) is 0 Å². The molecule has 7 heteroatoms. The minimum absolute atomic E-state index is 0.730. The molecule has 6 aromatic rings. The summed E-state index contributed by atoms with van der Waals surface area (Å²) in [7, 11) is 0. The van der Waals surface area contributed by atoms with Gasteiger partial charge in [-0.25, -0.2) is 0 Å². The summed E-state index contributed by atoms with van der Waals surface area (Å²) in [4.78, 5) is 2.36. The van der Waals surface area contributed by atoms with E-state index in [0.29, 0.717) is 0 Å². The van der Waals surface area contributed by atoms with Gasteiger partial charge in [0.25, 0.3) is 0 Å². The van der Waals surface area contributed by atoms with Gasteiger partial charge in [-0.2, -0.15) is 0 Å². The van der Waals surface area contributed by atoms with E-state index in [1.165, 1.54) is 267 Å². The van der Waals surface area contributed by atoms with E-state index in [1.54, 1.807) is 0 Å². The molecule has 0 atom stereocenters. The summed E-state index contributed by atoms with van der Waals surface area (Å²) < 4.78 is 18.4. The predicted octanol–water partition coefficient (Wildman–Crippen LogP) is 27.6. The van der Waals surface area contributed by atoms with Gasteiger partial charge in [0, 0.05) is 53.8 Å². The number of anilines is 6. The molecule has 0 saturated carbocycles. The fourth-order valence-electron chi connectivity index (χ4n) is 12.8. The van der Waals surface area contributed by atoms with E-state index < -0.39 is 0 Å². The average molecular weight is 1280 g/mol. The van der Waals surface area contributed by atoms with Crippen LogP contribution in [0.3, 0.4) is 0 Å². The van der Waals surface area contributed by atoms with E-state index in [-0.39, 0.29) is 0 Å². The molecule has 0 aliphatic rings. The van der Waals surface area contributed by atoms with Crippen LogP contribution in [0.15, 0.2) is 146 Å². The highest BCUT2D eigenvalue weighted by molar-refractivity contribution is 5.77. The van der Waals surface area contributed by atoms with Gasteiger partial charge in [-0.05, 0) is 145 Å². The Bertz CT molecular complexity index is 2380. The molecule has 0 aromatic heterocycles. The fraction of sp³-hybridized carbons (Fsp3) is 0.586. The first-order valence-electron chi connectivity index (χ1n) is 39.1. The van der Waals surface area contributed by atoms with Crippen LogP contribution < -0.4 is 35.1 Å². The van der Waals surface area contributed by atoms with Crippen LogP contribution in [0, 0.1) is 0 Å². The summed E-state index contributed by atoms with van der Waals surface area (Å²) in [6, 6.07) is 52.3. The molecule has 0 spiro atoms. The molecule has 6 rings (SSSR count). The summed E-state index contributed by atoms with van der Waals surface area (Å²) in [6.07, 6.45) is 57.4. The normalized spacial score (nSPS) is 11.3. The Morgan fingerprint density at radius 2 is 0.394 bits per heavy atom. The van der Waals surface area contributed by atoms with E-state index >= 15 is 0 Å². The third-order valence-corrected chi connectivity index (χ3v) is 18.9. The lowest BCUT2D eigenvalue weighted by molar-refractivity contribution is 0.304. The van der Waals surface area contributed by atoms with Crippen molar-refractivity contribution in [2.24, 2.45) is 0 Å². The molecule has 0 unspecified atom stereocenters. The molecule has 0 bridgehead atoms. The Morgan fingerprint density at radius 3 is 0.585 bits per heavy atom. The van der Waals surface area contributed by atoms with Crippen LogP contribution in [0.4, 0.5) is 34.1 Å². The van der Waals surface area contributed by atoms with Crippen molar-refractivity contribution in [3.05, 3.63) is 162 Å². The van der Waals surface area contributed by atoms with Crippen molar-refractivity contribution in [3.63, 3.8) is 0 Å². The van der Waals surface area contributed by atoms with Crippen molar-refractivity contribution in [2.75, 3.05) is 40.7 Å². The number of nitrogens with one attached hydrogen (secondary N) is 3. The number of unbranched alkanes of at least 4 members (excludes halogenated alkanes) is 39. The van der Waals surface area contributed by atoms with Crippen LogP contribution in [0.1, 0.15) is 307 Å². The Morgan fingerprint density at radius 1 is 0.213 bits per heavy atom. The second-order valence-electron chi connectivity index (χ2n) is 27.3. The summed E-state index contributed by atoms with van der Waals surface area (Å²) >= 11 is 0. The highest BCUT2D eigenvalue weighted by atomic mass is 16.5. The van der Waals surface area contributed by atoms with Gasteiger partial charge in [0.05, 0.1) is 19.8 Å². The molecule has 0 aliphatic heterocycles. The molecule has 518 valence electrons. The average Bonchev–Trinajstić information content (AvgIpc) is 1.03. The summed E-state index contributed by atoms with van der Waals surface area (Å²) in [6.45, 7) is 11.4. The number of hydrogen-bond donors (Lipinski definition) is 3. The Kier molecular flexibility index (Phi) is 42.7. The van der Waals surface area contributed by atoms with Crippen LogP contribution in [-0.4, -0.2) is 19.8 Å². The maximum atomic E-state index is 6.14. The molecule has 3 N–H and O–H groups in total. The standard InChI is InChI=1S/C87H132N4O3/c1-4-7-10-13-16-19-22-25-28-31-34-37-40-43-70-92-85-64-52-79(53-65-85)88-73-76-46-58-82(59-47-76)91(83-60-48-77(49-61-83)74-89-80-54-66-86(67-55-80)93-71-44-41-38-35-32-29-26-23-20-17-14-11-8-5-2)84-62-50-78(51-63-84)75-90-81-56-68-87(69-57-81)94-72-45-42-39-36-33-30-27-24-21-18-15-12-9-6-3/h46-69,88-90H,4-45,70-75H2,1-3H3. The van der Waals surface area contributed by atoms with Gasteiger partial charge in [-0.15, -0.1) is 0 Å². The molecule has 7 nitrogen and oxygen atoms in total. The van der Waals surface area contributed by atoms with Gasteiger partial charge in [-0.3, -0.25) is 0 Å². The largest absolute Gasteiger partial charge is 0.494 e. The van der Waals surface area contributed by atoms with E-state index in [9.17, 15) is 0 Å². The van der Waals surface area contributed by atoms with Gasteiger partial charge in [-0.1, -0.05) is 308 Å². The number of benzene rings is 6. The second kappa shape index (κ2) is 52.2. The molecule has 94 heavy (non-hydrogen) atoms. The summed E-state index contributed by atoms with van der Waals surface area (Å²) in [5.41, 5.74) is 10.3. The lowest BCUT2D eigenvalue weighted by Crippen LogP contribution is -2.11. The lowest BCUT2D eigenvalue weighted by atomic mass is 10.0. The topological polar surface area (TPSA) is 67.0 Å². The Hall–Kier alpha value is -6.08. The molecular weight excluding hydrogens is 1150 g/mol. The van der Waals surface area contributed by atoms with Crippen LogP contribution >= 0.6 is 0 Å². The second-order valence-corrected chi connectivity index (χ2v) is 27.3. The van der Waals surface area contributed by atoms with E-state index in [0.717, 1.165) is 110 Å². The zero-order valence-corrected chi connectivity index (χ0v) is 60.0. The van der Waals surface area contributed by atoms with Crippen molar-refractivity contribution in [1.29, 1.82) is 0 Å². The maximum absolute atomic E-state index is 6.14. The first kappa shape index (κ1) is 76.9. The van der Waals surface area contributed by atoms with Gasteiger partial charge >= 0.3 is 0 Å². The molecule has 6 aromatic carbocycles. The number of nitrogens with zero attached hydrogens (tertiary/aromatic N) is 1. The molecule has 0 amide bonds. The Labute approximate surface area is 575 Å². The molecular formula is C87H132N4O3. The number of ether oxygens (including phenoxy) is 3. The fourth-order valence-corrected chi connectivity index (χ4v) is 12.8. The van der Waals surface area contributed by atoms with Crippen molar-refractivity contribution in [2.45, 2.75) is 310 Å². The van der Waals surface area contributed by atoms with Crippen molar-refractivity contribution in [3.8, 4) is 17.2 Å². The van der Waals surface area contributed by atoms with Crippen LogP contribution in [0.2, 0.25) is 0 Å². The minimum atomic E-state index is 0.730. The van der Waals surface area contributed by atoms with E-state index in [1.807, 2.05) is 0 Å². The van der Waals surface area contributed by atoms with Crippen LogP contribution in [-0.2, 0) is 19.6 Å². The van der Waals surface area contributed by atoms with Crippen molar-refractivity contribution >= 4 is 34.1 Å². The summed E-state index contributed by atoms with van der Waals surface area (Å²) in [5, 5.41) is 10.9. The van der Waals surface area contributed by atoms with Crippen LogP contribution in [0.5, 0.6) is 17.2 Å². The van der Waals surface area contributed by atoms with Gasteiger partial charge in [0.1, 0.15) is 17.2 Å². The molecule has 0 radical (unpaired) electrons. The quantitative estimate of drug-likeness (QED) is 0.0329. The van der Waals surface area contributed by atoms with E-state index in [4.69, 9.17) is 14.2 Å². The smallest absolute Gasteiger partial charge is 0.119 e. The van der Waals surface area contributed by atoms with Gasteiger partial charge < -0.3 is 35.1 Å². The molecule has 0 heterocycles. The highest BCUT2D eigenvalue weighted by Gasteiger charge is 2.14. The minimum Gasteiger partial charge on any atom is -0.494 e. The third-order valence-electron chi connectivity index (χ3n) is 18.9. The monoisotopic (exact) mass is 1280 g/mol. The summed E-state index contributed by atoms with van der Waals surface area (Å²) in [5.74, 6) is 2.83. The first-order chi connectivity index (χ1) is 46.6. The van der Waals surface area contributed by atoms with Gasteiger partial charge in [0.15, 0.2) is 0 Å². The number of hydrogen-bond acceptors (Lipinski definition) is 7. The Balaban J connectivity index is 0.929. The zero-order valence-electron chi connectivity index (χ0n) is 60.0. The van der Waals surface area contributed by atoms with Gasteiger partial charge in [0.2, 0.25) is 0 Å². The maximum Gasteiger partial charge on any atom is 0.119 e.